The van der Waals surface area contributed by atoms with E-state index < -0.39 is 0 Å². The summed E-state index contributed by atoms with van der Waals surface area (Å²) < 4.78 is 0. The number of aryl methyl sites for hydroxylation is 3. The molecule has 0 aliphatic carbocycles. The molecule has 0 radical (unpaired) electrons. The first kappa shape index (κ1) is 20.5. The topological polar surface area (TPSA) is 70.2 Å². The van der Waals surface area contributed by atoms with Crippen LogP contribution < -0.4 is 16.0 Å². The van der Waals surface area contributed by atoms with Crippen molar-refractivity contribution in [3.05, 3.63) is 58.7 Å². The minimum absolute atomic E-state index is 0.156. The molecular formula is C22H29N3O2. The number of nitrogens with one attached hydrogen (secondary N) is 3. The molecule has 0 unspecified atom stereocenters. The van der Waals surface area contributed by atoms with E-state index in [0.29, 0.717) is 11.3 Å². The van der Waals surface area contributed by atoms with Crippen molar-refractivity contribution in [3.8, 4) is 0 Å². The Morgan fingerprint density at radius 2 is 1.59 bits per heavy atom. The van der Waals surface area contributed by atoms with E-state index in [4.69, 9.17) is 0 Å². The van der Waals surface area contributed by atoms with Gasteiger partial charge in [-0.25, -0.2) is 0 Å². The smallest absolute Gasteiger partial charge is 0.251 e. The van der Waals surface area contributed by atoms with Crippen molar-refractivity contribution in [1.82, 2.24) is 5.32 Å². The second-order valence-electron chi connectivity index (χ2n) is 7.96. The molecule has 0 spiro atoms. The highest BCUT2D eigenvalue weighted by atomic mass is 16.2. The molecule has 2 rings (SSSR count). The number of amides is 2. The highest BCUT2D eigenvalue weighted by molar-refractivity contribution is 5.98. The maximum atomic E-state index is 12.3. The molecule has 2 aromatic rings. The van der Waals surface area contributed by atoms with Gasteiger partial charge >= 0.3 is 0 Å². The van der Waals surface area contributed by atoms with Gasteiger partial charge in [-0.1, -0.05) is 23.8 Å². The van der Waals surface area contributed by atoms with Crippen LogP contribution in [0.3, 0.4) is 0 Å². The van der Waals surface area contributed by atoms with Crippen LogP contribution in [0.4, 0.5) is 11.4 Å². The zero-order valence-electron chi connectivity index (χ0n) is 17.0. The fraction of sp³-hybridized carbons (Fsp3) is 0.364. The molecule has 0 aliphatic heterocycles. The number of carbonyl (C=O) groups excluding carboxylic acids is 2. The Bertz CT molecular complexity index is 828. The lowest BCUT2D eigenvalue weighted by molar-refractivity contribution is -0.114. The summed E-state index contributed by atoms with van der Waals surface area (Å²) in [5, 5.41) is 8.96. The zero-order valence-corrected chi connectivity index (χ0v) is 17.0. The summed E-state index contributed by atoms with van der Waals surface area (Å²) in [4.78, 5) is 24.6. The van der Waals surface area contributed by atoms with Gasteiger partial charge in [-0.3, -0.25) is 9.59 Å². The van der Waals surface area contributed by atoms with Gasteiger partial charge in [0.15, 0.2) is 0 Å². The van der Waals surface area contributed by atoms with E-state index in [2.05, 4.69) is 35.0 Å². The number of anilines is 2. The summed E-state index contributed by atoms with van der Waals surface area (Å²) in [7, 11) is 0. The predicted octanol–water partition coefficient (Wildman–Crippen LogP) is 4.19. The average molecular weight is 367 g/mol. The third-order valence-electron chi connectivity index (χ3n) is 4.00. The summed E-state index contributed by atoms with van der Waals surface area (Å²) in [6.07, 6.45) is 0. The molecule has 0 aliphatic rings. The molecular weight excluding hydrogens is 338 g/mol. The lowest BCUT2D eigenvalue weighted by Crippen LogP contribution is -2.40. The molecule has 5 heteroatoms. The summed E-state index contributed by atoms with van der Waals surface area (Å²) in [6.45, 7) is 12.0. The second kappa shape index (κ2) is 8.25. The molecule has 0 saturated heterocycles. The Labute approximate surface area is 161 Å². The largest absolute Gasteiger partial charge is 0.376 e. The minimum Gasteiger partial charge on any atom is -0.376 e. The maximum Gasteiger partial charge on any atom is 0.251 e. The van der Waals surface area contributed by atoms with Gasteiger partial charge in [0.05, 0.1) is 6.54 Å². The van der Waals surface area contributed by atoms with Gasteiger partial charge in [-0.15, -0.1) is 0 Å². The van der Waals surface area contributed by atoms with Crippen molar-refractivity contribution >= 4 is 23.2 Å². The number of hydrogen-bond donors (Lipinski definition) is 3. The Morgan fingerprint density at radius 1 is 0.963 bits per heavy atom. The summed E-state index contributed by atoms with van der Waals surface area (Å²) >= 11 is 0. The average Bonchev–Trinajstić information content (AvgIpc) is 2.52. The molecule has 144 valence electrons. The van der Waals surface area contributed by atoms with Crippen molar-refractivity contribution < 1.29 is 9.59 Å². The highest BCUT2D eigenvalue weighted by Gasteiger charge is 2.15. The number of carbonyl (C=O) groups is 2. The first-order valence-corrected chi connectivity index (χ1v) is 9.09. The lowest BCUT2D eigenvalue weighted by Gasteiger charge is -2.20. The number of benzene rings is 2. The Morgan fingerprint density at radius 3 is 2.19 bits per heavy atom. The van der Waals surface area contributed by atoms with Crippen molar-refractivity contribution in [3.63, 3.8) is 0 Å². The quantitative estimate of drug-likeness (QED) is 0.742. The van der Waals surface area contributed by atoms with Crippen LogP contribution in [-0.2, 0) is 4.79 Å². The van der Waals surface area contributed by atoms with Crippen molar-refractivity contribution in [2.75, 3.05) is 17.2 Å². The van der Waals surface area contributed by atoms with Crippen LogP contribution in [0.2, 0.25) is 0 Å². The van der Waals surface area contributed by atoms with Crippen molar-refractivity contribution in [1.29, 1.82) is 0 Å². The Hall–Kier alpha value is -2.82. The third-order valence-corrected chi connectivity index (χ3v) is 4.00. The summed E-state index contributed by atoms with van der Waals surface area (Å²) in [6, 6.07) is 11.1. The van der Waals surface area contributed by atoms with Gasteiger partial charge in [0.1, 0.15) is 0 Å². The lowest BCUT2D eigenvalue weighted by atomic mass is 10.1. The van der Waals surface area contributed by atoms with Gasteiger partial charge in [-0.2, -0.15) is 0 Å². The fourth-order valence-electron chi connectivity index (χ4n) is 2.98. The summed E-state index contributed by atoms with van der Waals surface area (Å²) in [5.74, 6) is -0.328. The van der Waals surface area contributed by atoms with Gasteiger partial charge in [0.2, 0.25) is 5.91 Å². The maximum absolute atomic E-state index is 12.3. The molecule has 0 atom stereocenters. The van der Waals surface area contributed by atoms with Gasteiger partial charge in [0.25, 0.3) is 5.91 Å². The molecule has 5 nitrogen and oxygen atoms in total. The van der Waals surface area contributed by atoms with E-state index in [1.165, 1.54) is 5.56 Å². The van der Waals surface area contributed by atoms with E-state index in [-0.39, 0.29) is 23.9 Å². The van der Waals surface area contributed by atoms with E-state index >= 15 is 0 Å². The second-order valence-corrected chi connectivity index (χ2v) is 7.96. The normalized spacial score (nSPS) is 11.0. The van der Waals surface area contributed by atoms with E-state index in [1.807, 2.05) is 34.6 Å². The first-order chi connectivity index (χ1) is 12.5. The standard InChI is InChI=1S/C22H29N3O2/c1-14-10-15(2)20(16(3)11-14)23-13-19(26)24-18-9-7-8-17(12-18)21(27)25-22(4,5)6/h7-12,23H,13H2,1-6H3,(H,24,26)(H,25,27). The molecule has 0 fully saturated rings. The van der Waals surface area contributed by atoms with Gasteiger partial charge in [0, 0.05) is 22.5 Å². The number of rotatable bonds is 5. The van der Waals surface area contributed by atoms with E-state index in [0.717, 1.165) is 16.8 Å². The van der Waals surface area contributed by atoms with E-state index in [9.17, 15) is 9.59 Å². The Kier molecular flexibility index (Phi) is 6.26. The summed E-state index contributed by atoms with van der Waals surface area (Å²) in [5.41, 5.74) is 5.20. The molecule has 0 aromatic heterocycles. The highest BCUT2D eigenvalue weighted by Crippen LogP contribution is 2.21. The number of hydrogen-bond acceptors (Lipinski definition) is 3. The van der Waals surface area contributed by atoms with Gasteiger partial charge < -0.3 is 16.0 Å². The van der Waals surface area contributed by atoms with E-state index in [1.54, 1.807) is 24.3 Å². The van der Waals surface area contributed by atoms with Crippen LogP contribution >= 0.6 is 0 Å². The zero-order chi connectivity index (χ0) is 20.2. The predicted molar refractivity (Wildman–Crippen MR) is 111 cm³/mol. The monoisotopic (exact) mass is 367 g/mol. The molecule has 0 saturated carbocycles. The third kappa shape index (κ3) is 6.13. The van der Waals surface area contributed by atoms with Crippen LogP contribution in [0, 0.1) is 20.8 Å². The van der Waals surface area contributed by atoms with Crippen molar-refractivity contribution in [2.45, 2.75) is 47.1 Å². The van der Waals surface area contributed by atoms with Crippen LogP contribution in [0.15, 0.2) is 36.4 Å². The molecule has 3 N–H and O–H groups in total. The van der Waals surface area contributed by atoms with Crippen LogP contribution in [0.5, 0.6) is 0 Å². The molecule has 2 amide bonds. The van der Waals surface area contributed by atoms with Crippen LogP contribution in [0.1, 0.15) is 47.8 Å². The van der Waals surface area contributed by atoms with Gasteiger partial charge in [-0.05, 0) is 70.9 Å². The van der Waals surface area contributed by atoms with Crippen LogP contribution in [0.25, 0.3) is 0 Å². The van der Waals surface area contributed by atoms with Crippen molar-refractivity contribution in [2.24, 2.45) is 0 Å². The van der Waals surface area contributed by atoms with Crippen LogP contribution in [-0.4, -0.2) is 23.9 Å². The molecule has 0 heterocycles. The SMILES string of the molecule is Cc1cc(C)c(NCC(=O)Nc2cccc(C(=O)NC(C)(C)C)c2)c(C)c1. The first-order valence-electron chi connectivity index (χ1n) is 9.09. The molecule has 27 heavy (non-hydrogen) atoms. The molecule has 0 bridgehead atoms. The Balaban J connectivity index is 2.00. The molecule has 2 aromatic carbocycles. The fourth-order valence-corrected chi connectivity index (χ4v) is 2.98. The minimum atomic E-state index is -0.315.